The van der Waals surface area contributed by atoms with Crippen LogP contribution >= 0.6 is 0 Å². The van der Waals surface area contributed by atoms with Crippen molar-refractivity contribution in [1.29, 1.82) is 0 Å². The lowest BCUT2D eigenvalue weighted by atomic mass is 10.1. The third-order valence-electron chi connectivity index (χ3n) is 5.07. The fraction of sp³-hybridized carbons (Fsp3) is 0.391. The molecule has 1 aliphatic rings. The van der Waals surface area contributed by atoms with Crippen molar-refractivity contribution < 1.29 is 9.18 Å². The lowest BCUT2D eigenvalue weighted by molar-refractivity contribution is 0.0956. The van der Waals surface area contributed by atoms with Crippen molar-refractivity contribution in [3.63, 3.8) is 0 Å². The van der Waals surface area contributed by atoms with Crippen LogP contribution in [-0.4, -0.2) is 56.0 Å². The number of carbonyl (C=O) groups excluding carboxylic acids is 1. The van der Waals surface area contributed by atoms with Gasteiger partial charge in [-0.25, -0.2) is 9.38 Å². The van der Waals surface area contributed by atoms with E-state index in [2.05, 4.69) is 27.4 Å². The normalized spacial score (nSPS) is 14.6. The minimum Gasteiger partial charge on any atom is -0.368 e. The molecular formula is C23H30FN5O. The first-order chi connectivity index (χ1) is 14.6. The number of guanidine groups is 1. The summed E-state index contributed by atoms with van der Waals surface area (Å²) in [7, 11) is 0. The molecule has 2 aromatic carbocycles. The van der Waals surface area contributed by atoms with E-state index in [1.165, 1.54) is 12.1 Å². The molecule has 1 fully saturated rings. The number of nitrogens with zero attached hydrogens (tertiary/aromatic N) is 3. The van der Waals surface area contributed by atoms with Crippen LogP contribution in [0, 0.1) is 5.82 Å². The maximum Gasteiger partial charge on any atom is 0.251 e. The Hall–Kier alpha value is -3.09. The highest BCUT2D eigenvalue weighted by Crippen LogP contribution is 2.17. The van der Waals surface area contributed by atoms with E-state index in [0.717, 1.165) is 49.9 Å². The number of aliphatic imine (C=N–C) groups is 1. The second-order valence-electron chi connectivity index (χ2n) is 7.18. The molecule has 0 bridgehead atoms. The molecule has 2 N–H and O–H groups in total. The zero-order chi connectivity index (χ0) is 21.3. The molecule has 160 valence electrons. The molecule has 1 saturated heterocycles. The summed E-state index contributed by atoms with van der Waals surface area (Å²) in [5, 5.41) is 6.18. The monoisotopic (exact) mass is 411 g/mol. The molecule has 30 heavy (non-hydrogen) atoms. The summed E-state index contributed by atoms with van der Waals surface area (Å²) in [6.45, 7) is 9.34. The topological polar surface area (TPSA) is 60.0 Å². The van der Waals surface area contributed by atoms with E-state index in [-0.39, 0.29) is 11.7 Å². The third kappa shape index (κ3) is 5.72. The van der Waals surface area contributed by atoms with Crippen LogP contribution in [0.1, 0.15) is 29.8 Å². The van der Waals surface area contributed by atoms with Gasteiger partial charge in [-0.2, -0.15) is 0 Å². The van der Waals surface area contributed by atoms with Gasteiger partial charge in [0.05, 0.1) is 6.54 Å². The van der Waals surface area contributed by atoms with Crippen molar-refractivity contribution in [3.05, 3.63) is 65.5 Å². The predicted octanol–water partition coefficient (Wildman–Crippen LogP) is 2.86. The molecule has 0 saturated carbocycles. The van der Waals surface area contributed by atoms with Crippen LogP contribution in [0.25, 0.3) is 0 Å². The van der Waals surface area contributed by atoms with Crippen LogP contribution < -0.4 is 15.5 Å². The molecule has 6 nitrogen and oxygen atoms in total. The lowest BCUT2D eigenvalue weighted by Crippen LogP contribution is -2.52. The minimum absolute atomic E-state index is 0.0556. The van der Waals surface area contributed by atoms with Crippen LogP contribution in [0.3, 0.4) is 0 Å². The van der Waals surface area contributed by atoms with Crippen molar-refractivity contribution in [1.82, 2.24) is 15.5 Å². The Morgan fingerprint density at radius 3 is 2.17 bits per heavy atom. The van der Waals surface area contributed by atoms with Crippen molar-refractivity contribution in [2.24, 2.45) is 4.99 Å². The molecule has 7 heteroatoms. The van der Waals surface area contributed by atoms with E-state index in [1.54, 1.807) is 0 Å². The quantitative estimate of drug-likeness (QED) is 0.567. The maximum absolute atomic E-state index is 13.2. The van der Waals surface area contributed by atoms with E-state index in [1.807, 2.05) is 43.3 Å². The highest BCUT2D eigenvalue weighted by atomic mass is 19.1. The van der Waals surface area contributed by atoms with Gasteiger partial charge in [0, 0.05) is 50.5 Å². The number of carbonyl (C=O) groups is 1. The summed E-state index contributed by atoms with van der Waals surface area (Å²) in [5.74, 6) is 0.627. The number of benzene rings is 2. The smallest absolute Gasteiger partial charge is 0.251 e. The van der Waals surface area contributed by atoms with Gasteiger partial charge in [-0.1, -0.05) is 12.1 Å². The van der Waals surface area contributed by atoms with Gasteiger partial charge in [-0.05, 0) is 55.8 Å². The average Bonchev–Trinajstić information content (AvgIpc) is 2.78. The second kappa shape index (κ2) is 10.6. The zero-order valence-electron chi connectivity index (χ0n) is 17.7. The van der Waals surface area contributed by atoms with Crippen LogP contribution in [0.4, 0.5) is 10.1 Å². The van der Waals surface area contributed by atoms with Gasteiger partial charge in [-0.15, -0.1) is 0 Å². The molecule has 3 rings (SSSR count). The van der Waals surface area contributed by atoms with Gasteiger partial charge < -0.3 is 20.4 Å². The number of anilines is 1. The molecule has 0 unspecified atom stereocenters. The van der Waals surface area contributed by atoms with Crippen molar-refractivity contribution >= 4 is 17.6 Å². The second-order valence-corrected chi connectivity index (χ2v) is 7.18. The number of hydrogen-bond acceptors (Lipinski definition) is 3. The largest absolute Gasteiger partial charge is 0.368 e. The van der Waals surface area contributed by atoms with E-state index in [4.69, 9.17) is 4.99 Å². The first kappa shape index (κ1) is 21.6. The van der Waals surface area contributed by atoms with Crippen LogP contribution in [0.2, 0.25) is 0 Å². The first-order valence-corrected chi connectivity index (χ1v) is 10.5. The summed E-state index contributed by atoms with van der Waals surface area (Å²) in [6.07, 6.45) is 0. The van der Waals surface area contributed by atoms with Crippen molar-refractivity contribution in [2.75, 3.05) is 44.2 Å². The lowest BCUT2D eigenvalue weighted by Gasteiger charge is -2.37. The molecule has 0 aromatic heterocycles. The van der Waals surface area contributed by atoms with Gasteiger partial charge in [0.2, 0.25) is 0 Å². The summed E-state index contributed by atoms with van der Waals surface area (Å²) in [4.78, 5) is 21.2. The molecule has 2 aromatic rings. The highest BCUT2D eigenvalue weighted by Gasteiger charge is 2.19. The van der Waals surface area contributed by atoms with Crippen LogP contribution in [-0.2, 0) is 6.54 Å². The first-order valence-electron chi connectivity index (χ1n) is 10.5. The van der Waals surface area contributed by atoms with E-state index >= 15 is 0 Å². The summed E-state index contributed by atoms with van der Waals surface area (Å²) >= 11 is 0. The third-order valence-corrected chi connectivity index (χ3v) is 5.07. The van der Waals surface area contributed by atoms with Gasteiger partial charge in [0.15, 0.2) is 5.96 Å². The number of nitrogens with one attached hydrogen (secondary N) is 2. The molecule has 1 amide bonds. The van der Waals surface area contributed by atoms with Gasteiger partial charge in [-0.3, -0.25) is 4.79 Å². The highest BCUT2D eigenvalue weighted by molar-refractivity contribution is 5.94. The fourth-order valence-corrected chi connectivity index (χ4v) is 3.44. The Bertz CT molecular complexity index is 843. The molecular weight excluding hydrogens is 381 g/mol. The standard InChI is InChI=1S/C23H30FN5O/c1-3-25-22(30)19-7-5-18(6-8-19)17-27-23(26-4-2)29-15-13-28(14-16-29)21-11-9-20(24)10-12-21/h5-12H,3-4,13-17H2,1-2H3,(H,25,30)(H,26,27). The fourth-order valence-electron chi connectivity index (χ4n) is 3.44. The zero-order valence-corrected chi connectivity index (χ0v) is 17.7. The van der Waals surface area contributed by atoms with Crippen LogP contribution in [0.15, 0.2) is 53.5 Å². The SMILES string of the molecule is CCNC(=O)c1ccc(CN=C(NCC)N2CCN(c3ccc(F)cc3)CC2)cc1. The van der Waals surface area contributed by atoms with E-state index in [9.17, 15) is 9.18 Å². The number of rotatable bonds is 6. The number of piperazine rings is 1. The number of hydrogen-bond donors (Lipinski definition) is 2. The Balaban J connectivity index is 1.59. The summed E-state index contributed by atoms with van der Waals surface area (Å²) < 4.78 is 13.2. The molecule has 0 radical (unpaired) electrons. The summed E-state index contributed by atoms with van der Waals surface area (Å²) in [6, 6.07) is 14.2. The van der Waals surface area contributed by atoms with Gasteiger partial charge in [0.1, 0.15) is 5.82 Å². The van der Waals surface area contributed by atoms with Gasteiger partial charge in [0.25, 0.3) is 5.91 Å². The van der Waals surface area contributed by atoms with E-state index in [0.29, 0.717) is 18.7 Å². The summed E-state index contributed by atoms with van der Waals surface area (Å²) in [5.41, 5.74) is 2.77. The maximum atomic E-state index is 13.2. The molecule has 1 aliphatic heterocycles. The predicted molar refractivity (Wildman–Crippen MR) is 119 cm³/mol. The number of amides is 1. The Labute approximate surface area is 177 Å². The Morgan fingerprint density at radius 1 is 0.933 bits per heavy atom. The van der Waals surface area contributed by atoms with Crippen molar-refractivity contribution in [2.45, 2.75) is 20.4 Å². The van der Waals surface area contributed by atoms with Crippen LogP contribution in [0.5, 0.6) is 0 Å². The molecule has 0 spiro atoms. The Kier molecular flexibility index (Phi) is 7.65. The molecule has 0 aliphatic carbocycles. The average molecular weight is 412 g/mol. The molecule has 0 atom stereocenters. The number of halogens is 1. The van der Waals surface area contributed by atoms with Gasteiger partial charge >= 0.3 is 0 Å². The van der Waals surface area contributed by atoms with Crippen molar-refractivity contribution in [3.8, 4) is 0 Å². The van der Waals surface area contributed by atoms with E-state index < -0.39 is 0 Å². The molecule has 1 heterocycles. The Morgan fingerprint density at radius 2 is 1.57 bits per heavy atom. The minimum atomic E-state index is -0.210.